The van der Waals surface area contributed by atoms with Crippen molar-refractivity contribution in [1.29, 1.82) is 0 Å². The van der Waals surface area contributed by atoms with Gasteiger partial charge in [0.15, 0.2) is 0 Å². The van der Waals surface area contributed by atoms with Crippen molar-refractivity contribution in [2.24, 2.45) is 0 Å². The van der Waals surface area contributed by atoms with Gasteiger partial charge < -0.3 is 15.0 Å². The summed E-state index contributed by atoms with van der Waals surface area (Å²) in [4.78, 5) is 16.9. The molecule has 5 nitrogen and oxygen atoms in total. The van der Waals surface area contributed by atoms with Gasteiger partial charge in [0, 0.05) is 12.6 Å². The smallest absolute Gasteiger partial charge is 0.325 e. The van der Waals surface area contributed by atoms with Crippen LogP contribution in [-0.2, 0) is 9.53 Å². The van der Waals surface area contributed by atoms with Gasteiger partial charge in [0.05, 0.1) is 7.11 Å². The lowest BCUT2D eigenvalue weighted by Gasteiger charge is -2.31. The van der Waals surface area contributed by atoms with Gasteiger partial charge in [-0.2, -0.15) is 0 Å². The van der Waals surface area contributed by atoms with E-state index in [2.05, 4.69) is 29.1 Å². The van der Waals surface area contributed by atoms with Crippen molar-refractivity contribution in [3.05, 3.63) is 0 Å². The lowest BCUT2D eigenvalue weighted by molar-refractivity contribution is -0.148. The molecule has 2 unspecified atom stereocenters. The fourth-order valence-corrected chi connectivity index (χ4v) is 3.27. The average Bonchev–Trinajstić information content (AvgIpc) is 2.59. The highest BCUT2D eigenvalue weighted by atomic mass is 16.5. The van der Waals surface area contributed by atoms with E-state index in [9.17, 15) is 4.79 Å². The Morgan fingerprint density at radius 3 is 2.76 bits per heavy atom. The van der Waals surface area contributed by atoms with Crippen LogP contribution in [0.3, 0.4) is 0 Å². The van der Waals surface area contributed by atoms with Gasteiger partial charge in [-0.1, -0.05) is 6.92 Å². The van der Waals surface area contributed by atoms with Crippen molar-refractivity contribution in [3.8, 4) is 0 Å². The second-order valence-corrected chi connectivity index (χ2v) is 6.46. The van der Waals surface area contributed by atoms with Crippen molar-refractivity contribution in [3.63, 3.8) is 0 Å². The zero-order chi connectivity index (χ0) is 15.9. The molecular formula is C16H33N3O2. The Hall–Kier alpha value is -0.650. The van der Waals surface area contributed by atoms with Crippen molar-refractivity contribution < 1.29 is 9.53 Å². The number of carbonyl (C=O) groups is 1. The van der Waals surface area contributed by atoms with Crippen LogP contribution in [0.25, 0.3) is 0 Å². The van der Waals surface area contributed by atoms with Gasteiger partial charge in [-0.3, -0.25) is 9.69 Å². The summed E-state index contributed by atoms with van der Waals surface area (Å²) < 4.78 is 4.94. The maximum Gasteiger partial charge on any atom is 0.325 e. The first-order valence-corrected chi connectivity index (χ1v) is 8.19. The molecule has 0 aliphatic carbocycles. The van der Waals surface area contributed by atoms with Crippen molar-refractivity contribution in [2.75, 3.05) is 46.9 Å². The normalized spacial score (nSPS) is 24.3. The molecule has 1 saturated heterocycles. The molecule has 1 aliphatic rings. The SMILES string of the molecule is CCNC(C)(CCCN1CCCN(C)CC1C)C(=O)OC. The zero-order valence-corrected chi connectivity index (χ0v) is 14.4. The molecule has 1 N–H and O–H groups in total. The summed E-state index contributed by atoms with van der Waals surface area (Å²) in [6.45, 7) is 11.5. The Kier molecular flexibility index (Phi) is 7.63. The van der Waals surface area contributed by atoms with Crippen LogP contribution in [0.15, 0.2) is 0 Å². The maximum absolute atomic E-state index is 12.0. The van der Waals surface area contributed by atoms with Crippen LogP contribution in [0, 0.1) is 0 Å². The zero-order valence-electron chi connectivity index (χ0n) is 14.4. The largest absolute Gasteiger partial charge is 0.468 e. The quantitative estimate of drug-likeness (QED) is 0.719. The number of carbonyl (C=O) groups excluding carboxylic acids is 1. The minimum atomic E-state index is -0.560. The van der Waals surface area contributed by atoms with Crippen molar-refractivity contribution >= 4 is 5.97 Å². The first kappa shape index (κ1) is 18.4. The Morgan fingerprint density at radius 1 is 1.43 bits per heavy atom. The average molecular weight is 299 g/mol. The summed E-state index contributed by atoms with van der Waals surface area (Å²) in [5.74, 6) is -0.159. The predicted octanol–water partition coefficient (Wildman–Crippen LogP) is 1.33. The summed E-state index contributed by atoms with van der Waals surface area (Å²) in [6, 6.07) is 0.584. The molecule has 1 heterocycles. The molecule has 1 aliphatic heterocycles. The molecule has 124 valence electrons. The summed E-state index contributed by atoms with van der Waals surface area (Å²) in [6.07, 6.45) is 3.04. The molecule has 1 fully saturated rings. The summed E-state index contributed by atoms with van der Waals surface area (Å²) >= 11 is 0. The van der Waals surface area contributed by atoms with Crippen LogP contribution in [0.2, 0.25) is 0 Å². The van der Waals surface area contributed by atoms with Gasteiger partial charge >= 0.3 is 5.97 Å². The number of nitrogens with one attached hydrogen (secondary N) is 1. The molecule has 0 spiro atoms. The van der Waals surface area contributed by atoms with Gasteiger partial charge in [0.2, 0.25) is 0 Å². The predicted molar refractivity (Wildman–Crippen MR) is 86.5 cm³/mol. The molecule has 0 amide bonds. The van der Waals surface area contributed by atoms with E-state index >= 15 is 0 Å². The minimum Gasteiger partial charge on any atom is -0.468 e. The number of ether oxygens (including phenoxy) is 1. The molecule has 0 saturated carbocycles. The Balaban J connectivity index is 2.47. The number of likely N-dealkylation sites (N-methyl/N-ethyl adjacent to an activating group) is 2. The summed E-state index contributed by atoms with van der Waals surface area (Å²) in [5.41, 5.74) is -0.560. The fourth-order valence-electron chi connectivity index (χ4n) is 3.27. The minimum absolute atomic E-state index is 0.159. The summed E-state index contributed by atoms with van der Waals surface area (Å²) in [7, 11) is 3.66. The van der Waals surface area contributed by atoms with E-state index in [0.717, 1.165) is 39.0 Å². The number of methoxy groups -OCH3 is 1. The van der Waals surface area contributed by atoms with E-state index < -0.39 is 5.54 Å². The van der Waals surface area contributed by atoms with Crippen molar-refractivity contribution in [2.45, 2.75) is 51.6 Å². The van der Waals surface area contributed by atoms with E-state index in [1.54, 1.807) is 0 Å². The van der Waals surface area contributed by atoms with E-state index in [-0.39, 0.29) is 5.97 Å². The van der Waals surface area contributed by atoms with Crippen molar-refractivity contribution in [1.82, 2.24) is 15.1 Å². The van der Waals surface area contributed by atoms with Crippen LogP contribution >= 0.6 is 0 Å². The number of esters is 1. The van der Waals surface area contributed by atoms with E-state index in [1.807, 2.05) is 13.8 Å². The molecule has 2 atom stereocenters. The molecule has 0 aromatic heterocycles. The standard InChI is InChI=1S/C16H33N3O2/c1-6-17-16(3,15(20)21-5)9-7-11-19-12-8-10-18(4)13-14(19)2/h14,17H,6-13H2,1-5H3. The Labute approximate surface area is 130 Å². The monoisotopic (exact) mass is 299 g/mol. The molecule has 1 rings (SSSR count). The molecule has 0 radical (unpaired) electrons. The van der Waals surface area contributed by atoms with Crippen LogP contribution in [0.1, 0.15) is 40.0 Å². The number of nitrogens with zero attached hydrogens (tertiary/aromatic N) is 2. The fraction of sp³-hybridized carbons (Fsp3) is 0.938. The first-order valence-electron chi connectivity index (χ1n) is 8.19. The van der Waals surface area contributed by atoms with E-state index in [4.69, 9.17) is 4.74 Å². The van der Waals surface area contributed by atoms with Gasteiger partial charge in [-0.15, -0.1) is 0 Å². The highest BCUT2D eigenvalue weighted by molar-refractivity contribution is 5.80. The first-order chi connectivity index (χ1) is 9.92. The number of rotatable bonds is 7. The molecular weight excluding hydrogens is 266 g/mol. The maximum atomic E-state index is 12.0. The Morgan fingerprint density at radius 2 is 2.14 bits per heavy atom. The Bertz CT molecular complexity index is 325. The topological polar surface area (TPSA) is 44.8 Å². The molecule has 21 heavy (non-hydrogen) atoms. The third-order valence-electron chi connectivity index (χ3n) is 4.51. The second kappa shape index (κ2) is 8.71. The third kappa shape index (κ3) is 5.57. The lowest BCUT2D eigenvalue weighted by atomic mass is 9.95. The molecule has 0 aromatic rings. The van der Waals surface area contributed by atoms with E-state index in [1.165, 1.54) is 20.1 Å². The lowest BCUT2D eigenvalue weighted by Crippen LogP contribution is -2.50. The third-order valence-corrected chi connectivity index (χ3v) is 4.51. The van der Waals surface area contributed by atoms with Crippen LogP contribution in [0.4, 0.5) is 0 Å². The molecule has 5 heteroatoms. The highest BCUT2D eigenvalue weighted by Gasteiger charge is 2.33. The molecule has 0 aromatic carbocycles. The number of hydrogen-bond acceptors (Lipinski definition) is 5. The van der Waals surface area contributed by atoms with Gasteiger partial charge in [0.1, 0.15) is 5.54 Å². The second-order valence-electron chi connectivity index (χ2n) is 6.46. The molecule has 0 bridgehead atoms. The highest BCUT2D eigenvalue weighted by Crippen LogP contribution is 2.16. The number of hydrogen-bond donors (Lipinski definition) is 1. The van der Waals surface area contributed by atoms with Gasteiger partial charge in [-0.05, 0) is 66.3 Å². The van der Waals surface area contributed by atoms with E-state index in [0.29, 0.717) is 6.04 Å². The summed E-state index contributed by atoms with van der Waals surface area (Å²) in [5, 5.41) is 3.28. The van der Waals surface area contributed by atoms with Crippen LogP contribution in [0.5, 0.6) is 0 Å². The van der Waals surface area contributed by atoms with Crippen LogP contribution < -0.4 is 5.32 Å². The van der Waals surface area contributed by atoms with Crippen LogP contribution in [-0.4, -0.2) is 74.2 Å². The van der Waals surface area contributed by atoms with Gasteiger partial charge in [0.25, 0.3) is 0 Å². The van der Waals surface area contributed by atoms with Gasteiger partial charge in [-0.25, -0.2) is 0 Å².